The summed E-state index contributed by atoms with van der Waals surface area (Å²) in [5, 5.41) is 23.9. The summed E-state index contributed by atoms with van der Waals surface area (Å²) < 4.78 is 11.4. The molecule has 68 heavy (non-hydrogen) atoms. The minimum Gasteiger partial charge on any atom is -0.480 e. The standard InChI is InChI=1S/C52H54N10O6/c1-52(2,3)68-51(66)62-16-14-60(15-17-62)38-8-9-42-43(24-38)57-48(56-42)41-23-37(28-55-50(41)67-4)34-19-32(30-64)20-35(21-34)39-25-44-45(26-46(39)61-12-10-53-11-13-61)59-47(58-44)40-22-36(27-54-49(40)65)33-7-5-6-31(18-33)29-63/h5-9,18-28,53,63-64H,10-17,29-30H2,1-4H3,(H,54,65)(H,56,57)(H,58,59). The average molecular weight is 915 g/mol. The van der Waals surface area contributed by atoms with E-state index in [1.54, 1.807) is 24.4 Å². The summed E-state index contributed by atoms with van der Waals surface area (Å²) in [5.74, 6) is 1.45. The molecule has 4 aromatic carbocycles. The number of carbonyl (C=O) groups is 1. The highest BCUT2D eigenvalue weighted by Crippen LogP contribution is 2.40. The molecule has 0 spiro atoms. The molecule has 0 bridgehead atoms. The number of anilines is 2. The lowest BCUT2D eigenvalue weighted by Crippen LogP contribution is -2.50. The van der Waals surface area contributed by atoms with Gasteiger partial charge in [0.05, 0.1) is 53.5 Å². The Hall–Kier alpha value is -7.53. The van der Waals surface area contributed by atoms with Crippen molar-refractivity contribution in [2.45, 2.75) is 39.6 Å². The maximum Gasteiger partial charge on any atom is 0.410 e. The molecule has 2 saturated heterocycles. The Morgan fingerprint density at radius 1 is 0.691 bits per heavy atom. The zero-order valence-electron chi connectivity index (χ0n) is 38.5. The van der Waals surface area contributed by atoms with Crippen LogP contribution in [0.1, 0.15) is 31.9 Å². The monoisotopic (exact) mass is 914 g/mol. The summed E-state index contributed by atoms with van der Waals surface area (Å²) in [6.45, 7) is 11.0. The number of H-pyrrole nitrogens is 3. The van der Waals surface area contributed by atoms with Crippen LogP contribution in [-0.2, 0) is 18.0 Å². The second kappa shape index (κ2) is 18.3. The van der Waals surface area contributed by atoms with Gasteiger partial charge in [0, 0.05) is 87.3 Å². The summed E-state index contributed by atoms with van der Waals surface area (Å²) >= 11 is 0. The van der Waals surface area contributed by atoms with E-state index in [-0.39, 0.29) is 24.9 Å². The molecule has 4 aromatic heterocycles. The fourth-order valence-corrected chi connectivity index (χ4v) is 9.09. The van der Waals surface area contributed by atoms with Gasteiger partial charge in [-0.3, -0.25) is 4.79 Å². The lowest BCUT2D eigenvalue weighted by atomic mass is 9.94. The molecule has 6 heterocycles. The summed E-state index contributed by atoms with van der Waals surface area (Å²) in [7, 11) is 1.59. The van der Waals surface area contributed by atoms with Crippen LogP contribution >= 0.6 is 0 Å². The predicted molar refractivity (Wildman–Crippen MR) is 265 cm³/mol. The normalized spacial score (nSPS) is 14.5. The van der Waals surface area contributed by atoms with Crippen molar-refractivity contribution in [1.82, 2.24) is 40.1 Å². The zero-order chi connectivity index (χ0) is 47.1. The topological polar surface area (TPSA) is 201 Å². The zero-order valence-corrected chi connectivity index (χ0v) is 38.5. The second-order valence-corrected chi connectivity index (χ2v) is 18.3. The first kappa shape index (κ1) is 44.3. The third kappa shape index (κ3) is 9.00. The second-order valence-electron chi connectivity index (χ2n) is 18.3. The van der Waals surface area contributed by atoms with E-state index in [2.05, 4.69) is 60.4 Å². The van der Waals surface area contributed by atoms with Gasteiger partial charge in [-0.2, -0.15) is 0 Å². The highest BCUT2D eigenvalue weighted by Gasteiger charge is 2.27. The predicted octanol–water partition coefficient (Wildman–Crippen LogP) is 7.32. The number of fused-ring (bicyclic) bond motifs is 2. The summed E-state index contributed by atoms with van der Waals surface area (Å²) in [5.41, 5.74) is 12.0. The highest BCUT2D eigenvalue weighted by molar-refractivity contribution is 5.94. The van der Waals surface area contributed by atoms with Gasteiger partial charge < -0.3 is 54.7 Å². The van der Waals surface area contributed by atoms with Crippen molar-refractivity contribution in [3.05, 3.63) is 119 Å². The SMILES string of the molecule is COc1ncc(-c2cc(CO)cc(-c3cc4[nH]c(-c5cc(-c6cccc(CO)c6)c[nH]c5=O)nc4cc3N3CCNCC3)c2)cc1-c1nc2cc(N3CCN(C(=O)OC(C)(C)C)CC3)ccc2[nH]1. The van der Waals surface area contributed by atoms with Crippen molar-refractivity contribution in [2.24, 2.45) is 0 Å². The van der Waals surface area contributed by atoms with E-state index in [1.165, 1.54) is 0 Å². The number of hydrogen-bond acceptors (Lipinski definition) is 12. The third-order valence-electron chi connectivity index (χ3n) is 12.5. The summed E-state index contributed by atoms with van der Waals surface area (Å²) in [6.07, 6.45) is 3.15. The number of carbonyl (C=O) groups excluding carboxylic acids is 1. The van der Waals surface area contributed by atoms with Gasteiger partial charge in [0.1, 0.15) is 17.2 Å². The first-order chi connectivity index (χ1) is 32.9. The fourth-order valence-electron chi connectivity index (χ4n) is 9.09. The number of pyridine rings is 2. The van der Waals surface area contributed by atoms with Crippen LogP contribution in [0.5, 0.6) is 5.88 Å². The molecule has 2 aliphatic heterocycles. The number of aromatic amines is 3. The van der Waals surface area contributed by atoms with E-state index in [0.29, 0.717) is 60.4 Å². The summed E-state index contributed by atoms with van der Waals surface area (Å²) in [4.78, 5) is 57.0. The number of aliphatic hydroxyl groups is 2. The molecule has 2 aliphatic rings. The number of amides is 1. The Morgan fingerprint density at radius 3 is 2.15 bits per heavy atom. The average Bonchev–Trinajstić information content (AvgIpc) is 3.99. The number of nitrogens with zero attached hydrogens (tertiary/aromatic N) is 6. The van der Waals surface area contributed by atoms with Crippen LogP contribution < -0.4 is 25.4 Å². The molecule has 0 saturated carbocycles. The van der Waals surface area contributed by atoms with Gasteiger partial charge in [-0.25, -0.2) is 19.7 Å². The van der Waals surface area contributed by atoms with Crippen molar-refractivity contribution in [3.63, 3.8) is 0 Å². The number of ether oxygens (including phenoxy) is 2. The Morgan fingerprint density at radius 2 is 1.40 bits per heavy atom. The Bertz CT molecular complexity index is 3230. The molecule has 16 heteroatoms. The Balaban J connectivity index is 0.990. The molecule has 0 unspecified atom stereocenters. The molecule has 6 N–H and O–H groups in total. The molecular weight excluding hydrogens is 861 g/mol. The van der Waals surface area contributed by atoms with Crippen molar-refractivity contribution in [3.8, 4) is 62.0 Å². The molecule has 0 atom stereocenters. The Kier molecular flexibility index (Phi) is 11.9. The highest BCUT2D eigenvalue weighted by atomic mass is 16.6. The number of imidazole rings is 2. The Labute approximate surface area is 392 Å². The van der Waals surface area contributed by atoms with Gasteiger partial charge in [-0.15, -0.1) is 0 Å². The number of benzene rings is 4. The summed E-state index contributed by atoms with van der Waals surface area (Å²) in [6, 6.07) is 27.8. The van der Waals surface area contributed by atoms with E-state index in [9.17, 15) is 19.8 Å². The van der Waals surface area contributed by atoms with Gasteiger partial charge in [0.2, 0.25) is 5.88 Å². The van der Waals surface area contributed by atoms with Gasteiger partial charge in [-0.1, -0.05) is 18.2 Å². The van der Waals surface area contributed by atoms with Crippen LogP contribution in [0, 0.1) is 0 Å². The van der Waals surface area contributed by atoms with Crippen LogP contribution in [-0.4, -0.2) is 116 Å². The number of methoxy groups -OCH3 is 1. The smallest absolute Gasteiger partial charge is 0.410 e. The lowest BCUT2D eigenvalue weighted by Gasteiger charge is -2.36. The number of piperazine rings is 2. The molecule has 16 nitrogen and oxygen atoms in total. The van der Waals surface area contributed by atoms with Crippen molar-refractivity contribution >= 4 is 39.5 Å². The van der Waals surface area contributed by atoms with Crippen LogP contribution in [0.3, 0.4) is 0 Å². The van der Waals surface area contributed by atoms with Gasteiger partial charge in [0.15, 0.2) is 0 Å². The van der Waals surface area contributed by atoms with Crippen LogP contribution in [0.2, 0.25) is 0 Å². The quantitative estimate of drug-likeness (QED) is 0.0800. The minimum atomic E-state index is -0.545. The van der Waals surface area contributed by atoms with Crippen molar-refractivity contribution < 1.29 is 24.5 Å². The molecular formula is C52H54N10O6. The van der Waals surface area contributed by atoms with Crippen LogP contribution in [0.25, 0.3) is 78.2 Å². The minimum absolute atomic E-state index is 0.0862. The number of aliphatic hydroxyl groups excluding tert-OH is 2. The maximum absolute atomic E-state index is 13.4. The molecule has 1 amide bonds. The van der Waals surface area contributed by atoms with Gasteiger partial charge in [0.25, 0.3) is 5.56 Å². The van der Waals surface area contributed by atoms with E-state index in [1.807, 2.05) is 75.4 Å². The van der Waals surface area contributed by atoms with Crippen molar-refractivity contribution in [1.29, 1.82) is 0 Å². The largest absolute Gasteiger partial charge is 0.480 e. The third-order valence-corrected chi connectivity index (χ3v) is 12.5. The fraction of sp³-hybridized carbons (Fsp3) is 0.288. The number of rotatable bonds is 10. The van der Waals surface area contributed by atoms with E-state index < -0.39 is 5.60 Å². The van der Waals surface area contributed by atoms with E-state index in [4.69, 9.17) is 24.4 Å². The number of nitrogens with one attached hydrogen (secondary N) is 4. The molecule has 10 rings (SSSR count). The maximum atomic E-state index is 13.4. The number of aromatic nitrogens is 6. The van der Waals surface area contributed by atoms with Crippen molar-refractivity contribution in [2.75, 3.05) is 69.3 Å². The molecule has 8 aromatic rings. The lowest BCUT2D eigenvalue weighted by molar-refractivity contribution is 0.0240. The van der Waals surface area contributed by atoms with Crippen LogP contribution in [0.15, 0.2) is 102 Å². The number of hydrogen-bond donors (Lipinski definition) is 6. The molecule has 0 aliphatic carbocycles. The molecule has 348 valence electrons. The first-order valence-corrected chi connectivity index (χ1v) is 22.9. The van der Waals surface area contributed by atoms with Gasteiger partial charge >= 0.3 is 6.09 Å². The van der Waals surface area contributed by atoms with Gasteiger partial charge in [-0.05, 0) is 121 Å². The van der Waals surface area contributed by atoms with E-state index >= 15 is 0 Å². The van der Waals surface area contributed by atoms with Crippen LogP contribution in [0.4, 0.5) is 16.2 Å². The molecule has 2 fully saturated rings. The first-order valence-electron chi connectivity index (χ1n) is 22.9. The molecule has 0 radical (unpaired) electrons. The van der Waals surface area contributed by atoms with E-state index in [0.717, 1.165) is 98.6 Å².